The van der Waals surface area contributed by atoms with E-state index in [2.05, 4.69) is 61.6 Å². The molecule has 120 valence electrons. The number of hydrogen-bond donors (Lipinski definition) is 1. The number of nitrogens with one attached hydrogen (secondary N) is 1. The van der Waals surface area contributed by atoms with Crippen LogP contribution in [0.3, 0.4) is 0 Å². The number of pyridine rings is 1. The first-order valence-electron chi connectivity index (χ1n) is 8.31. The maximum Gasteiger partial charge on any atom is 0.149 e. The van der Waals surface area contributed by atoms with E-state index in [4.69, 9.17) is 0 Å². The number of fused-ring (bicyclic) bond motifs is 2. The van der Waals surface area contributed by atoms with Gasteiger partial charge in [-0.1, -0.05) is 6.07 Å². The molecule has 0 spiro atoms. The number of nitrogens with zero attached hydrogens (tertiary/aromatic N) is 5. The Morgan fingerprint density at radius 2 is 2.22 bits per heavy atom. The van der Waals surface area contributed by atoms with Crippen LogP contribution >= 0.6 is 0 Å². The molecular weight excluding hydrogens is 288 g/mol. The van der Waals surface area contributed by atoms with Crippen LogP contribution in [0.4, 0.5) is 0 Å². The molecule has 0 unspecified atom stereocenters. The summed E-state index contributed by atoms with van der Waals surface area (Å²) >= 11 is 0. The number of imidazole rings is 1. The van der Waals surface area contributed by atoms with Crippen molar-refractivity contribution in [2.75, 3.05) is 0 Å². The molecular formula is C17H22N6. The van der Waals surface area contributed by atoms with Crippen molar-refractivity contribution >= 4 is 5.65 Å². The summed E-state index contributed by atoms with van der Waals surface area (Å²) in [6.45, 7) is 6.04. The molecule has 6 nitrogen and oxygen atoms in total. The molecule has 6 heteroatoms. The van der Waals surface area contributed by atoms with Gasteiger partial charge in [0.1, 0.15) is 17.3 Å². The number of rotatable bonds is 4. The van der Waals surface area contributed by atoms with Gasteiger partial charge in [-0.05, 0) is 38.3 Å². The topological polar surface area (TPSA) is 60.0 Å². The van der Waals surface area contributed by atoms with E-state index in [-0.39, 0.29) is 6.04 Å². The molecule has 4 rings (SSSR count). The Bertz CT molecular complexity index is 831. The average Bonchev–Trinajstić information content (AvgIpc) is 3.17. The molecule has 4 heterocycles. The van der Waals surface area contributed by atoms with Crippen LogP contribution in [0.5, 0.6) is 0 Å². The summed E-state index contributed by atoms with van der Waals surface area (Å²) < 4.78 is 4.42. The van der Waals surface area contributed by atoms with Crippen molar-refractivity contribution in [3.05, 3.63) is 47.4 Å². The van der Waals surface area contributed by atoms with E-state index >= 15 is 0 Å². The molecule has 3 aromatic rings. The smallest absolute Gasteiger partial charge is 0.149 e. The van der Waals surface area contributed by atoms with E-state index in [9.17, 15) is 0 Å². The summed E-state index contributed by atoms with van der Waals surface area (Å²) in [5.74, 6) is 2.18. The van der Waals surface area contributed by atoms with Gasteiger partial charge < -0.3 is 14.3 Å². The molecule has 23 heavy (non-hydrogen) atoms. The molecule has 1 atom stereocenters. The second kappa shape index (κ2) is 5.77. The Morgan fingerprint density at radius 1 is 1.30 bits per heavy atom. The fourth-order valence-electron chi connectivity index (χ4n) is 3.33. The van der Waals surface area contributed by atoms with Crippen LogP contribution in [0, 0.1) is 6.92 Å². The highest BCUT2D eigenvalue weighted by molar-refractivity contribution is 5.48. The van der Waals surface area contributed by atoms with Crippen LogP contribution in [-0.4, -0.2) is 24.1 Å². The lowest BCUT2D eigenvalue weighted by Crippen LogP contribution is -2.24. The van der Waals surface area contributed by atoms with Gasteiger partial charge in [-0.25, -0.2) is 4.98 Å². The van der Waals surface area contributed by atoms with Crippen LogP contribution in [0.2, 0.25) is 0 Å². The van der Waals surface area contributed by atoms with Gasteiger partial charge in [-0.15, -0.1) is 10.2 Å². The Hall–Kier alpha value is -2.21. The molecule has 1 aliphatic rings. The van der Waals surface area contributed by atoms with Crippen molar-refractivity contribution in [2.45, 2.75) is 52.2 Å². The predicted octanol–water partition coefficient (Wildman–Crippen LogP) is 2.42. The summed E-state index contributed by atoms with van der Waals surface area (Å²) in [5.41, 5.74) is 3.38. The molecule has 3 aromatic heterocycles. The molecule has 0 radical (unpaired) electrons. The van der Waals surface area contributed by atoms with Gasteiger partial charge in [0.05, 0.1) is 17.9 Å². The summed E-state index contributed by atoms with van der Waals surface area (Å²) in [4.78, 5) is 4.52. The van der Waals surface area contributed by atoms with Gasteiger partial charge in [-0.3, -0.25) is 0 Å². The maximum atomic E-state index is 4.52. The molecule has 0 fully saturated rings. The zero-order valence-electron chi connectivity index (χ0n) is 13.7. The van der Waals surface area contributed by atoms with Gasteiger partial charge in [0, 0.05) is 25.7 Å². The normalized spacial score (nSPS) is 15.7. The van der Waals surface area contributed by atoms with Gasteiger partial charge in [0.25, 0.3) is 0 Å². The second-order valence-corrected chi connectivity index (χ2v) is 6.32. The fourth-order valence-corrected chi connectivity index (χ4v) is 3.33. The molecule has 0 saturated heterocycles. The minimum absolute atomic E-state index is 0.171. The quantitative estimate of drug-likeness (QED) is 0.804. The molecule has 0 aliphatic carbocycles. The molecule has 0 saturated carbocycles. The third-order valence-electron chi connectivity index (χ3n) is 4.67. The standard InChI is InChI=1S/C17H22N6/c1-12-6-5-9-22-14(11-19-16(12)22)10-18-13(2)17-21-20-15-7-3-4-8-23(15)17/h5-6,9,11,13,18H,3-4,7-8,10H2,1-2H3/t13-/m1/s1. The van der Waals surface area contributed by atoms with E-state index in [1.54, 1.807) is 0 Å². The first kappa shape index (κ1) is 14.4. The van der Waals surface area contributed by atoms with Crippen molar-refractivity contribution in [3.63, 3.8) is 0 Å². The first-order valence-corrected chi connectivity index (χ1v) is 8.31. The third kappa shape index (κ3) is 2.53. The lowest BCUT2D eigenvalue weighted by molar-refractivity contribution is 0.463. The summed E-state index contributed by atoms with van der Waals surface area (Å²) in [7, 11) is 0. The Morgan fingerprint density at radius 3 is 3.13 bits per heavy atom. The van der Waals surface area contributed by atoms with Crippen LogP contribution in [-0.2, 0) is 19.5 Å². The molecule has 1 aliphatic heterocycles. The highest BCUT2D eigenvalue weighted by Crippen LogP contribution is 2.19. The summed E-state index contributed by atoms with van der Waals surface area (Å²) in [6.07, 6.45) is 7.50. The minimum Gasteiger partial charge on any atom is -0.314 e. The second-order valence-electron chi connectivity index (χ2n) is 6.32. The van der Waals surface area contributed by atoms with E-state index in [0.717, 1.165) is 42.5 Å². The van der Waals surface area contributed by atoms with Gasteiger partial charge in [0.15, 0.2) is 0 Å². The summed E-state index contributed by atoms with van der Waals surface area (Å²) in [6, 6.07) is 4.32. The van der Waals surface area contributed by atoms with Gasteiger partial charge >= 0.3 is 0 Å². The van der Waals surface area contributed by atoms with Gasteiger partial charge in [0.2, 0.25) is 0 Å². The average molecular weight is 310 g/mol. The third-order valence-corrected chi connectivity index (χ3v) is 4.67. The van der Waals surface area contributed by atoms with E-state index < -0.39 is 0 Å². The Kier molecular flexibility index (Phi) is 3.61. The van der Waals surface area contributed by atoms with E-state index in [1.165, 1.54) is 18.4 Å². The number of hydrogen-bond acceptors (Lipinski definition) is 4. The highest BCUT2D eigenvalue weighted by Gasteiger charge is 2.20. The first-order chi connectivity index (χ1) is 11.2. The Balaban J connectivity index is 1.52. The Labute approximate surface area is 135 Å². The molecule has 0 amide bonds. The lowest BCUT2D eigenvalue weighted by Gasteiger charge is -2.18. The van der Waals surface area contributed by atoms with Crippen LogP contribution in [0.25, 0.3) is 5.65 Å². The zero-order valence-corrected chi connectivity index (χ0v) is 13.7. The minimum atomic E-state index is 0.171. The molecule has 1 N–H and O–H groups in total. The lowest BCUT2D eigenvalue weighted by atomic mass is 10.1. The monoisotopic (exact) mass is 310 g/mol. The number of aromatic nitrogens is 5. The fraction of sp³-hybridized carbons (Fsp3) is 0.471. The van der Waals surface area contributed by atoms with Gasteiger partial charge in [-0.2, -0.15) is 0 Å². The molecule has 0 bridgehead atoms. The van der Waals surface area contributed by atoms with E-state index in [1.807, 2.05) is 6.20 Å². The van der Waals surface area contributed by atoms with Crippen LogP contribution in [0.1, 0.15) is 48.7 Å². The van der Waals surface area contributed by atoms with Crippen molar-refractivity contribution in [1.82, 2.24) is 29.5 Å². The van der Waals surface area contributed by atoms with Crippen LogP contribution in [0.15, 0.2) is 24.5 Å². The maximum absolute atomic E-state index is 4.52. The van der Waals surface area contributed by atoms with Crippen molar-refractivity contribution < 1.29 is 0 Å². The highest BCUT2D eigenvalue weighted by atomic mass is 15.3. The van der Waals surface area contributed by atoms with Crippen molar-refractivity contribution in [3.8, 4) is 0 Å². The van der Waals surface area contributed by atoms with E-state index in [0.29, 0.717) is 0 Å². The summed E-state index contributed by atoms with van der Waals surface area (Å²) in [5, 5.41) is 12.3. The zero-order chi connectivity index (χ0) is 15.8. The van der Waals surface area contributed by atoms with Crippen molar-refractivity contribution in [2.24, 2.45) is 0 Å². The number of aryl methyl sites for hydroxylation is 2. The SMILES string of the molecule is Cc1cccn2c(CN[C@H](C)c3nnc4n3CCCC4)cnc12. The van der Waals surface area contributed by atoms with Crippen molar-refractivity contribution in [1.29, 1.82) is 0 Å². The molecule has 0 aromatic carbocycles. The predicted molar refractivity (Wildman–Crippen MR) is 88.1 cm³/mol. The largest absolute Gasteiger partial charge is 0.314 e. The van der Waals surface area contributed by atoms with Crippen LogP contribution < -0.4 is 5.32 Å².